The molecule has 110 valence electrons. The van der Waals surface area contributed by atoms with E-state index in [4.69, 9.17) is 0 Å². The first-order valence-corrected chi connectivity index (χ1v) is 7.82. The van der Waals surface area contributed by atoms with Crippen LogP contribution in [0.2, 0.25) is 0 Å². The zero-order valence-corrected chi connectivity index (χ0v) is 12.7. The first-order valence-electron chi connectivity index (χ1n) is 6.38. The molecule has 1 N–H and O–H groups in total. The number of sulfonamides is 1. The van der Waals surface area contributed by atoms with E-state index in [-0.39, 0.29) is 17.3 Å². The van der Waals surface area contributed by atoms with E-state index in [1.807, 2.05) is 0 Å². The summed E-state index contributed by atoms with van der Waals surface area (Å²) in [6.07, 6.45) is 0.757. The highest BCUT2D eigenvalue weighted by Gasteiger charge is 2.27. The topological polar surface area (TPSA) is 69.7 Å². The Morgan fingerprint density at radius 2 is 2.10 bits per heavy atom. The second-order valence-corrected chi connectivity index (χ2v) is 7.06. The van der Waals surface area contributed by atoms with E-state index in [0.29, 0.717) is 12.2 Å². The predicted octanol–water partition coefficient (Wildman–Crippen LogP) is 0.0454. The van der Waals surface area contributed by atoms with E-state index in [2.05, 4.69) is 5.32 Å². The molecule has 0 saturated heterocycles. The van der Waals surface area contributed by atoms with E-state index in [1.165, 1.54) is 18.4 Å². The van der Waals surface area contributed by atoms with Crippen LogP contribution < -0.4 is 10.2 Å². The number of likely N-dealkylation sites (N-methyl/N-ethyl adjacent to an activating group) is 1. The number of nitrogens with one attached hydrogen (secondary N) is 1. The largest absolute Gasteiger partial charge is 0.311 e. The van der Waals surface area contributed by atoms with Crippen molar-refractivity contribution in [3.63, 3.8) is 0 Å². The number of rotatable bonds is 4. The standard InChI is InChI=1S/C13H19N3O3S/c1-14-9-13(17)16-7-6-10-4-5-11(8-12(10)16)20(18,19)15(2)3/h4-5,8,14H,6-7,9H2,1-3H3. The molecular weight excluding hydrogens is 278 g/mol. The van der Waals surface area contributed by atoms with Crippen LogP contribution in [0, 0.1) is 0 Å². The first kappa shape index (κ1) is 15.0. The van der Waals surface area contributed by atoms with Crippen molar-refractivity contribution in [1.29, 1.82) is 0 Å². The molecule has 2 rings (SSSR count). The average molecular weight is 297 g/mol. The highest BCUT2D eigenvalue weighted by Crippen LogP contribution is 2.31. The van der Waals surface area contributed by atoms with Gasteiger partial charge in [-0.3, -0.25) is 4.79 Å². The molecule has 20 heavy (non-hydrogen) atoms. The molecule has 1 aliphatic heterocycles. The summed E-state index contributed by atoms with van der Waals surface area (Å²) >= 11 is 0. The van der Waals surface area contributed by atoms with Crippen LogP contribution in [0.1, 0.15) is 5.56 Å². The molecule has 0 bridgehead atoms. The van der Waals surface area contributed by atoms with Crippen molar-refractivity contribution in [2.75, 3.05) is 39.1 Å². The third-order valence-corrected chi connectivity index (χ3v) is 5.17. The number of amides is 1. The van der Waals surface area contributed by atoms with Crippen LogP contribution in [-0.4, -0.2) is 52.9 Å². The third-order valence-electron chi connectivity index (χ3n) is 3.36. The van der Waals surface area contributed by atoms with E-state index < -0.39 is 10.0 Å². The van der Waals surface area contributed by atoms with Gasteiger partial charge in [0.2, 0.25) is 15.9 Å². The molecule has 0 saturated carbocycles. The summed E-state index contributed by atoms with van der Waals surface area (Å²) in [6.45, 7) is 0.839. The molecular formula is C13H19N3O3S. The van der Waals surface area contributed by atoms with Gasteiger partial charge in [0, 0.05) is 26.3 Å². The SMILES string of the molecule is CNCC(=O)N1CCc2ccc(S(=O)(=O)N(C)C)cc21. The molecule has 0 aromatic heterocycles. The van der Waals surface area contributed by atoms with Crippen LogP contribution in [0.4, 0.5) is 5.69 Å². The van der Waals surface area contributed by atoms with Gasteiger partial charge in [-0.2, -0.15) is 0 Å². The molecule has 1 aromatic carbocycles. The molecule has 0 radical (unpaired) electrons. The van der Waals surface area contributed by atoms with Crippen molar-refractivity contribution in [1.82, 2.24) is 9.62 Å². The number of hydrogen-bond donors (Lipinski definition) is 1. The Bertz CT molecular complexity index is 626. The summed E-state index contributed by atoms with van der Waals surface area (Å²) in [6, 6.07) is 4.98. The summed E-state index contributed by atoms with van der Waals surface area (Å²) in [5.74, 6) is -0.0503. The molecule has 0 unspecified atom stereocenters. The fourth-order valence-electron chi connectivity index (χ4n) is 2.24. The summed E-state index contributed by atoms with van der Waals surface area (Å²) in [7, 11) is 1.22. The number of benzene rings is 1. The van der Waals surface area contributed by atoms with Gasteiger partial charge in [-0.25, -0.2) is 12.7 Å². The van der Waals surface area contributed by atoms with Crippen molar-refractivity contribution in [2.45, 2.75) is 11.3 Å². The summed E-state index contributed by atoms with van der Waals surface area (Å²) in [5.41, 5.74) is 1.71. The lowest BCUT2D eigenvalue weighted by atomic mass is 10.2. The van der Waals surface area contributed by atoms with Gasteiger partial charge in [0.25, 0.3) is 0 Å². The molecule has 0 fully saturated rings. The van der Waals surface area contributed by atoms with Crippen LogP contribution in [0.25, 0.3) is 0 Å². The van der Waals surface area contributed by atoms with Crippen LogP contribution in [-0.2, 0) is 21.2 Å². The first-order chi connectivity index (χ1) is 9.37. The van der Waals surface area contributed by atoms with Crippen LogP contribution in [0.5, 0.6) is 0 Å². The van der Waals surface area contributed by atoms with Crippen molar-refractivity contribution >= 4 is 21.6 Å². The number of hydrogen-bond acceptors (Lipinski definition) is 4. The minimum atomic E-state index is -3.48. The summed E-state index contributed by atoms with van der Waals surface area (Å²) in [4.78, 5) is 13.9. The van der Waals surface area contributed by atoms with Gasteiger partial charge in [0.1, 0.15) is 0 Å². The van der Waals surface area contributed by atoms with Gasteiger partial charge in [-0.05, 0) is 31.2 Å². The number of anilines is 1. The van der Waals surface area contributed by atoms with E-state index in [1.54, 1.807) is 30.1 Å². The molecule has 1 aromatic rings. The average Bonchev–Trinajstić information content (AvgIpc) is 2.81. The fraction of sp³-hybridized carbons (Fsp3) is 0.462. The Morgan fingerprint density at radius 3 is 2.70 bits per heavy atom. The van der Waals surface area contributed by atoms with E-state index in [9.17, 15) is 13.2 Å². The van der Waals surface area contributed by atoms with Crippen LogP contribution in [0.3, 0.4) is 0 Å². The van der Waals surface area contributed by atoms with Gasteiger partial charge in [-0.1, -0.05) is 6.07 Å². The molecule has 0 aliphatic carbocycles. The maximum Gasteiger partial charge on any atom is 0.242 e. The lowest BCUT2D eigenvalue weighted by molar-refractivity contribution is -0.117. The van der Waals surface area contributed by atoms with Gasteiger partial charge >= 0.3 is 0 Å². The quantitative estimate of drug-likeness (QED) is 0.852. The zero-order valence-electron chi connectivity index (χ0n) is 11.9. The molecule has 1 aliphatic rings. The van der Waals surface area contributed by atoms with Crippen molar-refractivity contribution in [2.24, 2.45) is 0 Å². The molecule has 1 amide bonds. The number of fused-ring (bicyclic) bond motifs is 1. The third kappa shape index (κ3) is 2.56. The number of nitrogens with zero attached hydrogens (tertiary/aromatic N) is 2. The zero-order chi connectivity index (χ0) is 14.9. The highest BCUT2D eigenvalue weighted by molar-refractivity contribution is 7.89. The van der Waals surface area contributed by atoms with Crippen molar-refractivity contribution < 1.29 is 13.2 Å². The maximum atomic E-state index is 12.1. The van der Waals surface area contributed by atoms with Crippen LogP contribution >= 0.6 is 0 Å². The Balaban J connectivity index is 2.41. The van der Waals surface area contributed by atoms with Gasteiger partial charge < -0.3 is 10.2 Å². The van der Waals surface area contributed by atoms with Gasteiger partial charge in [0.15, 0.2) is 0 Å². The van der Waals surface area contributed by atoms with Crippen molar-refractivity contribution in [3.05, 3.63) is 23.8 Å². The Morgan fingerprint density at radius 1 is 1.40 bits per heavy atom. The van der Waals surface area contributed by atoms with E-state index in [0.717, 1.165) is 12.0 Å². The number of carbonyl (C=O) groups excluding carboxylic acids is 1. The number of carbonyl (C=O) groups is 1. The van der Waals surface area contributed by atoms with Crippen molar-refractivity contribution in [3.8, 4) is 0 Å². The lowest BCUT2D eigenvalue weighted by Crippen LogP contribution is -2.36. The maximum absolute atomic E-state index is 12.1. The predicted molar refractivity (Wildman–Crippen MR) is 77.3 cm³/mol. The molecule has 0 spiro atoms. The minimum absolute atomic E-state index is 0.0503. The Kier molecular flexibility index (Phi) is 4.12. The molecule has 6 nitrogen and oxygen atoms in total. The molecule has 1 heterocycles. The van der Waals surface area contributed by atoms with E-state index >= 15 is 0 Å². The lowest BCUT2D eigenvalue weighted by Gasteiger charge is -2.18. The second kappa shape index (κ2) is 5.51. The Hall–Kier alpha value is -1.44. The minimum Gasteiger partial charge on any atom is -0.311 e. The molecule has 7 heteroatoms. The van der Waals surface area contributed by atoms with Crippen LogP contribution in [0.15, 0.2) is 23.1 Å². The summed E-state index contributed by atoms with van der Waals surface area (Å²) in [5, 5.41) is 2.82. The molecule has 0 atom stereocenters. The monoisotopic (exact) mass is 297 g/mol. The Labute approximate surface area is 119 Å². The normalized spacial score (nSPS) is 14.7. The summed E-state index contributed by atoms with van der Waals surface area (Å²) < 4.78 is 25.5. The van der Waals surface area contributed by atoms with Gasteiger partial charge in [0.05, 0.1) is 11.4 Å². The second-order valence-electron chi connectivity index (χ2n) is 4.90. The fourth-order valence-corrected chi connectivity index (χ4v) is 3.16. The van der Waals surface area contributed by atoms with Gasteiger partial charge in [-0.15, -0.1) is 0 Å². The smallest absolute Gasteiger partial charge is 0.242 e. The highest BCUT2D eigenvalue weighted by atomic mass is 32.2.